The highest BCUT2D eigenvalue weighted by molar-refractivity contribution is 7.17. The molecule has 1 spiro atoms. The number of hydrogen-bond acceptors (Lipinski definition) is 6. The Morgan fingerprint density at radius 3 is 2.55 bits per heavy atom. The van der Waals surface area contributed by atoms with Gasteiger partial charge in [-0.25, -0.2) is 9.59 Å². The standard InChI is InChI=1S/C24H33N3O5S/c1-13(2)32-21(29)19-16-6-5-15(4)11-17(16)33-20(19)25-18(28)12-27-22(30)24(26-23(27)31)9-7-14(3)8-10-24/h13-15H,5-12H2,1-4H3,(H,25,28)(H,26,31). The smallest absolute Gasteiger partial charge is 0.341 e. The zero-order chi connectivity index (χ0) is 23.9. The van der Waals surface area contributed by atoms with Crippen molar-refractivity contribution in [1.29, 1.82) is 0 Å². The van der Waals surface area contributed by atoms with E-state index in [4.69, 9.17) is 4.74 Å². The summed E-state index contributed by atoms with van der Waals surface area (Å²) in [5.74, 6) is -0.237. The van der Waals surface area contributed by atoms with Crippen LogP contribution in [0, 0.1) is 11.8 Å². The first-order valence-electron chi connectivity index (χ1n) is 11.9. The summed E-state index contributed by atoms with van der Waals surface area (Å²) in [6.07, 6.45) is 5.24. The Morgan fingerprint density at radius 1 is 1.18 bits per heavy atom. The van der Waals surface area contributed by atoms with Crippen molar-refractivity contribution < 1.29 is 23.9 Å². The second kappa shape index (κ2) is 9.08. The Labute approximate surface area is 198 Å². The highest BCUT2D eigenvalue weighted by Crippen LogP contribution is 2.40. The number of nitrogens with zero attached hydrogens (tertiary/aromatic N) is 1. The highest BCUT2D eigenvalue weighted by Gasteiger charge is 2.52. The van der Waals surface area contributed by atoms with Gasteiger partial charge in [-0.05, 0) is 76.2 Å². The minimum absolute atomic E-state index is 0.278. The first-order valence-corrected chi connectivity index (χ1v) is 12.7. The van der Waals surface area contributed by atoms with Crippen molar-refractivity contribution in [1.82, 2.24) is 10.2 Å². The van der Waals surface area contributed by atoms with E-state index in [1.165, 1.54) is 11.3 Å². The first-order chi connectivity index (χ1) is 15.6. The van der Waals surface area contributed by atoms with Gasteiger partial charge >= 0.3 is 12.0 Å². The lowest BCUT2D eigenvalue weighted by atomic mass is 9.77. The summed E-state index contributed by atoms with van der Waals surface area (Å²) in [5.41, 5.74) is 0.483. The minimum Gasteiger partial charge on any atom is -0.459 e. The van der Waals surface area contributed by atoms with Crippen LogP contribution in [0.3, 0.4) is 0 Å². The molecular weight excluding hydrogens is 442 g/mol. The molecule has 1 saturated heterocycles. The van der Waals surface area contributed by atoms with Crippen LogP contribution >= 0.6 is 11.3 Å². The molecule has 1 aromatic heterocycles. The van der Waals surface area contributed by atoms with E-state index in [1.54, 1.807) is 13.8 Å². The van der Waals surface area contributed by atoms with E-state index in [0.717, 1.165) is 47.4 Å². The Balaban J connectivity index is 1.51. The Kier molecular flexibility index (Phi) is 6.53. The second-order valence-corrected chi connectivity index (χ2v) is 11.2. The van der Waals surface area contributed by atoms with Gasteiger partial charge in [0.1, 0.15) is 17.1 Å². The summed E-state index contributed by atoms with van der Waals surface area (Å²) < 4.78 is 5.45. The summed E-state index contributed by atoms with van der Waals surface area (Å²) in [6.45, 7) is 7.52. The second-order valence-electron chi connectivity index (χ2n) is 10.1. The van der Waals surface area contributed by atoms with Crippen molar-refractivity contribution in [3.05, 3.63) is 16.0 Å². The third-order valence-corrected chi connectivity index (χ3v) is 8.16. The third kappa shape index (κ3) is 4.65. The number of carbonyl (C=O) groups is 4. The molecule has 9 heteroatoms. The molecule has 1 saturated carbocycles. The molecule has 4 rings (SSSR count). The van der Waals surface area contributed by atoms with Crippen LogP contribution in [0.15, 0.2) is 0 Å². The lowest BCUT2D eigenvalue weighted by molar-refractivity contribution is -0.135. The fraction of sp³-hybridized carbons (Fsp3) is 0.667. The van der Waals surface area contributed by atoms with Crippen molar-refractivity contribution in [2.45, 2.75) is 84.3 Å². The lowest BCUT2D eigenvalue weighted by Gasteiger charge is -2.33. The van der Waals surface area contributed by atoms with Crippen LogP contribution in [-0.2, 0) is 27.2 Å². The average Bonchev–Trinajstić information content (AvgIpc) is 3.19. The van der Waals surface area contributed by atoms with Crippen molar-refractivity contribution in [2.24, 2.45) is 11.8 Å². The molecule has 0 radical (unpaired) electrons. The Morgan fingerprint density at radius 2 is 1.88 bits per heavy atom. The Hall–Kier alpha value is -2.42. The van der Waals surface area contributed by atoms with E-state index in [0.29, 0.717) is 35.2 Å². The molecule has 0 bridgehead atoms. The van der Waals surface area contributed by atoms with E-state index in [2.05, 4.69) is 24.5 Å². The number of urea groups is 1. The third-order valence-electron chi connectivity index (χ3n) is 6.99. The van der Waals surface area contributed by atoms with Crippen molar-refractivity contribution in [2.75, 3.05) is 11.9 Å². The van der Waals surface area contributed by atoms with Crippen LogP contribution < -0.4 is 10.6 Å². The molecule has 2 fully saturated rings. The molecule has 1 aromatic rings. The molecular formula is C24H33N3O5S. The largest absolute Gasteiger partial charge is 0.459 e. The van der Waals surface area contributed by atoms with Crippen LogP contribution in [0.2, 0.25) is 0 Å². The van der Waals surface area contributed by atoms with Gasteiger partial charge in [-0.15, -0.1) is 11.3 Å². The van der Waals surface area contributed by atoms with Gasteiger partial charge in [0.05, 0.1) is 11.7 Å². The predicted molar refractivity (Wildman–Crippen MR) is 125 cm³/mol. The molecule has 2 heterocycles. The molecule has 2 N–H and O–H groups in total. The van der Waals surface area contributed by atoms with Crippen LogP contribution in [-0.4, -0.2) is 46.9 Å². The first kappa shape index (κ1) is 23.7. The minimum atomic E-state index is -0.881. The van der Waals surface area contributed by atoms with Gasteiger partial charge in [-0.3, -0.25) is 14.5 Å². The van der Waals surface area contributed by atoms with Gasteiger partial charge in [0.25, 0.3) is 5.91 Å². The molecule has 8 nitrogen and oxygen atoms in total. The monoisotopic (exact) mass is 475 g/mol. The predicted octanol–water partition coefficient (Wildman–Crippen LogP) is 3.88. The van der Waals surface area contributed by atoms with Gasteiger partial charge in [-0.2, -0.15) is 0 Å². The zero-order valence-corrected chi connectivity index (χ0v) is 20.6. The number of esters is 1. The van der Waals surface area contributed by atoms with Gasteiger partial charge in [-0.1, -0.05) is 13.8 Å². The van der Waals surface area contributed by atoms with Crippen LogP contribution in [0.4, 0.5) is 9.80 Å². The highest BCUT2D eigenvalue weighted by atomic mass is 32.1. The topological polar surface area (TPSA) is 105 Å². The summed E-state index contributed by atoms with van der Waals surface area (Å²) in [6, 6.07) is -0.525. The SMILES string of the molecule is CC1CCC2(CC1)NC(=O)N(CC(=O)Nc1sc3c(c1C(=O)OC(C)C)CCC(C)C3)C2=O. The van der Waals surface area contributed by atoms with E-state index in [1.807, 2.05) is 0 Å². The van der Waals surface area contributed by atoms with E-state index >= 15 is 0 Å². The molecule has 4 amide bonds. The normalized spacial score (nSPS) is 27.0. The number of hydrogen-bond donors (Lipinski definition) is 2. The number of rotatable bonds is 5. The van der Waals surface area contributed by atoms with Gasteiger partial charge in [0.15, 0.2) is 0 Å². The Bertz CT molecular complexity index is 977. The number of fused-ring (bicyclic) bond motifs is 1. The summed E-state index contributed by atoms with van der Waals surface area (Å²) in [5, 5.41) is 6.09. The summed E-state index contributed by atoms with van der Waals surface area (Å²) >= 11 is 1.39. The number of imide groups is 1. The number of amides is 4. The average molecular weight is 476 g/mol. The van der Waals surface area contributed by atoms with Gasteiger partial charge < -0.3 is 15.4 Å². The van der Waals surface area contributed by atoms with Crippen LogP contribution in [0.25, 0.3) is 0 Å². The molecule has 3 aliphatic rings. The molecule has 1 atom stereocenters. The number of anilines is 1. The van der Waals surface area contributed by atoms with Crippen molar-refractivity contribution >= 4 is 40.2 Å². The molecule has 33 heavy (non-hydrogen) atoms. The van der Waals surface area contributed by atoms with Crippen molar-refractivity contribution in [3.63, 3.8) is 0 Å². The molecule has 180 valence electrons. The maximum atomic E-state index is 13.1. The summed E-state index contributed by atoms with van der Waals surface area (Å²) in [7, 11) is 0. The van der Waals surface area contributed by atoms with E-state index < -0.39 is 23.4 Å². The summed E-state index contributed by atoms with van der Waals surface area (Å²) in [4.78, 5) is 53.5. The van der Waals surface area contributed by atoms with Crippen LogP contribution in [0.5, 0.6) is 0 Å². The number of ether oxygens (including phenoxy) is 1. The maximum absolute atomic E-state index is 13.1. The van der Waals surface area contributed by atoms with Gasteiger partial charge in [0.2, 0.25) is 5.91 Å². The molecule has 0 aromatic carbocycles. The van der Waals surface area contributed by atoms with Gasteiger partial charge in [0, 0.05) is 4.88 Å². The number of nitrogens with one attached hydrogen (secondary N) is 2. The lowest BCUT2D eigenvalue weighted by Crippen LogP contribution is -2.49. The fourth-order valence-corrected chi connectivity index (χ4v) is 6.47. The fourth-order valence-electron chi connectivity index (χ4n) is 5.05. The zero-order valence-electron chi connectivity index (χ0n) is 19.8. The maximum Gasteiger partial charge on any atom is 0.341 e. The van der Waals surface area contributed by atoms with E-state index in [9.17, 15) is 19.2 Å². The number of thiophene rings is 1. The molecule has 1 aliphatic heterocycles. The number of carbonyl (C=O) groups excluding carboxylic acids is 4. The van der Waals surface area contributed by atoms with E-state index in [-0.39, 0.29) is 18.6 Å². The quantitative estimate of drug-likeness (QED) is 0.497. The molecule has 1 unspecified atom stereocenters. The van der Waals surface area contributed by atoms with Crippen molar-refractivity contribution in [3.8, 4) is 0 Å². The molecule has 2 aliphatic carbocycles. The van der Waals surface area contributed by atoms with Crippen LogP contribution in [0.1, 0.15) is 80.6 Å².